The summed E-state index contributed by atoms with van der Waals surface area (Å²) >= 11 is 0. The number of benzene rings is 26. The molecule has 0 spiro atoms. The molecule has 0 aliphatic heterocycles. The summed E-state index contributed by atoms with van der Waals surface area (Å²) < 4.78 is 0. The maximum absolute atomic E-state index is 2.34. The standard InChI is InChI=1S/2C50H35N.C44H31N/c1-2-12-48(13-3-1)51(49-30-26-40(27-31-49)38-14-18-42(19-15-38)46-24-22-36-8-4-6-10-44(36)34-46)50-32-28-41(29-33-50)39-16-20-43(21-17-39)47-25-23-37-9-5-7-11-45(37)35-47;1-2-8-36(9-3-1)40-22-28-48(29-23-40)51(50-32-26-43(27-33-50)47-21-19-38-11-5-7-13-45(38)35-47)49-30-24-41(25-31-49)39-14-16-42(17-15-39)46-20-18-37-10-4-6-12-44(37)34-46;1-2-8-32(9-3-1)35-18-24-42(25-19-35)45(43-26-20-36(21-27-43)40-16-14-33-10-4-6-12-38(33)30-40)44-28-22-37(23-29-44)41-17-15-34-11-5-7-13-39(34)31-41/h2*1-35H;1-31H. The first-order chi connectivity index (χ1) is 72.8. The first-order valence-electron chi connectivity index (χ1n) is 50.4. The number of hydrogen-bond acceptors (Lipinski definition) is 3. The Morgan fingerprint density at radius 1 is 0.0680 bits per heavy atom. The lowest BCUT2D eigenvalue weighted by Crippen LogP contribution is -2.09. The third-order valence-corrected chi connectivity index (χ3v) is 28.4. The second-order valence-corrected chi connectivity index (χ2v) is 37.6. The van der Waals surface area contributed by atoms with Crippen molar-refractivity contribution >= 4 is 116 Å². The van der Waals surface area contributed by atoms with Gasteiger partial charge in [-0.2, -0.15) is 0 Å². The predicted molar refractivity (Wildman–Crippen MR) is 628 cm³/mol. The van der Waals surface area contributed by atoms with Crippen LogP contribution < -0.4 is 14.7 Å². The molecule has 0 radical (unpaired) electrons. The second-order valence-electron chi connectivity index (χ2n) is 37.6. The Morgan fingerprint density at radius 3 is 0.327 bits per heavy atom. The zero-order valence-electron chi connectivity index (χ0n) is 81.2. The summed E-state index contributed by atoms with van der Waals surface area (Å²) in [6.45, 7) is 0. The highest BCUT2D eigenvalue weighted by Crippen LogP contribution is 2.45. The summed E-state index contributed by atoms with van der Waals surface area (Å²) in [6.07, 6.45) is 0. The zero-order chi connectivity index (χ0) is 98.0. The molecule has 26 aromatic rings. The van der Waals surface area contributed by atoms with E-state index >= 15 is 0 Å². The van der Waals surface area contributed by atoms with Gasteiger partial charge >= 0.3 is 0 Å². The van der Waals surface area contributed by atoms with E-state index in [9.17, 15) is 0 Å². The van der Waals surface area contributed by atoms with E-state index in [2.05, 4.69) is 627 Å². The van der Waals surface area contributed by atoms with E-state index in [1.54, 1.807) is 0 Å². The molecule has 0 fully saturated rings. The van der Waals surface area contributed by atoms with Crippen molar-refractivity contribution in [1.29, 1.82) is 0 Å². The Labute approximate surface area is 859 Å². The van der Waals surface area contributed by atoms with Crippen LogP contribution in [0.3, 0.4) is 0 Å². The number of fused-ring (bicyclic) bond motifs is 6. The largest absolute Gasteiger partial charge is 0.311 e. The van der Waals surface area contributed by atoms with Crippen LogP contribution in [0.4, 0.5) is 51.2 Å². The summed E-state index contributed by atoms with van der Waals surface area (Å²) in [5.41, 5.74) is 36.7. The van der Waals surface area contributed by atoms with E-state index in [1.807, 2.05) is 0 Å². The highest BCUT2D eigenvalue weighted by molar-refractivity contribution is 5.96. The average molecular weight is 1870 g/mol. The van der Waals surface area contributed by atoms with Gasteiger partial charge in [-0.25, -0.2) is 0 Å². The van der Waals surface area contributed by atoms with Crippen LogP contribution in [0.1, 0.15) is 0 Å². The third-order valence-electron chi connectivity index (χ3n) is 28.4. The Kier molecular flexibility index (Phi) is 25.5. The van der Waals surface area contributed by atoms with Crippen molar-refractivity contribution in [3.05, 3.63) is 613 Å². The van der Waals surface area contributed by atoms with E-state index in [-0.39, 0.29) is 0 Å². The third kappa shape index (κ3) is 19.9. The average Bonchev–Trinajstić information content (AvgIpc) is 0.779. The maximum Gasteiger partial charge on any atom is 0.0462 e. The lowest BCUT2D eigenvalue weighted by Gasteiger charge is -2.26. The van der Waals surface area contributed by atoms with Gasteiger partial charge in [0.05, 0.1) is 0 Å². The zero-order valence-corrected chi connectivity index (χ0v) is 81.2. The van der Waals surface area contributed by atoms with Crippen molar-refractivity contribution in [3.63, 3.8) is 0 Å². The van der Waals surface area contributed by atoms with Crippen LogP contribution in [0.15, 0.2) is 613 Å². The lowest BCUT2D eigenvalue weighted by molar-refractivity contribution is 1.28. The highest BCUT2D eigenvalue weighted by Gasteiger charge is 2.20. The fourth-order valence-corrected chi connectivity index (χ4v) is 20.4. The molecule has 0 saturated carbocycles. The molecular formula is C144H101N3. The Morgan fingerprint density at radius 2 is 0.170 bits per heavy atom. The van der Waals surface area contributed by atoms with Gasteiger partial charge in [0.2, 0.25) is 0 Å². The van der Waals surface area contributed by atoms with Gasteiger partial charge in [0.1, 0.15) is 0 Å². The molecule has 0 amide bonds. The molecule has 147 heavy (non-hydrogen) atoms. The van der Waals surface area contributed by atoms with Gasteiger partial charge in [0.25, 0.3) is 0 Å². The molecule has 0 aromatic heterocycles. The maximum atomic E-state index is 2.34. The monoisotopic (exact) mass is 1870 g/mol. The van der Waals surface area contributed by atoms with Crippen LogP contribution in [0.25, 0.3) is 187 Å². The number of hydrogen-bond donors (Lipinski definition) is 0. The molecule has 26 aromatic carbocycles. The molecule has 692 valence electrons. The number of nitrogens with zero attached hydrogens (tertiary/aromatic N) is 3. The van der Waals surface area contributed by atoms with E-state index in [0.29, 0.717) is 0 Å². The topological polar surface area (TPSA) is 9.72 Å². The molecule has 0 aliphatic carbocycles. The minimum absolute atomic E-state index is 1.11. The van der Waals surface area contributed by atoms with E-state index < -0.39 is 0 Å². The van der Waals surface area contributed by atoms with E-state index in [1.165, 1.54) is 187 Å². The van der Waals surface area contributed by atoms with Crippen LogP contribution in [-0.4, -0.2) is 0 Å². The van der Waals surface area contributed by atoms with Crippen molar-refractivity contribution in [1.82, 2.24) is 0 Å². The minimum atomic E-state index is 1.11. The summed E-state index contributed by atoms with van der Waals surface area (Å²) in [5, 5.41) is 15.1. The minimum Gasteiger partial charge on any atom is -0.311 e. The molecule has 0 N–H and O–H groups in total. The number of anilines is 9. The Hall–Kier alpha value is -19.3. The van der Waals surface area contributed by atoms with Gasteiger partial charge in [-0.05, 0) is 333 Å². The van der Waals surface area contributed by atoms with Crippen LogP contribution in [0.5, 0.6) is 0 Å². The van der Waals surface area contributed by atoms with Gasteiger partial charge in [0, 0.05) is 51.2 Å². The number of rotatable bonds is 20. The van der Waals surface area contributed by atoms with Gasteiger partial charge in [-0.1, -0.05) is 467 Å². The molecule has 0 atom stereocenters. The van der Waals surface area contributed by atoms with E-state index in [4.69, 9.17) is 0 Å². The predicted octanol–water partition coefficient (Wildman–Crippen LogP) is 40.7. The summed E-state index contributed by atoms with van der Waals surface area (Å²) in [5.74, 6) is 0. The van der Waals surface area contributed by atoms with Crippen LogP contribution in [-0.2, 0) is 0 Å². The van der Waals surface area contributed by atoms with Crippen molar-refractivity contribution in [3.8, 4) is 122 Å². The van der Waals surface area contributed by atoms with Crippen molar-refractivity contribution < 1.29 is 0 Å². The normalized spacial score (nSPS) is 11.1. The fraction of sp³-hybridized carbons (Fsp3) is 0. The van der Waals surface area contributed by atoms with Gasteiger partial charge in [-0.3, -0.25) is 0 Å². The number of para-hydroxylation sites is 1. The van der Waals surface area contributed by atoms with Crippen LogP contribution in [0.2, 0.25) is 0 Å². The van der Waals surface area contributed by atoms with Gasteiger partial charge in [-0.15, -0.1) is 0 Å². The smallest absolute Gasteiger partial charge is 0.0462 e. The first-order valence-corrected chi connectivity index (χ1v) is 50.4. The molecule has 0 unspecified atom stereocenters. The lowest BCUT2D eigenvalue weighted by atomic mass is 9.98. The molecule has 3 heteroatoms. The summed E-state index contributed by atoms with van der Waals surface area (Å²) in [6, 6.07) is 221. The van der Waals surface area contributed by atoms with Crippen molar-refractivity contribution in [2.24, 2.45) is 0 Å². The van der Waals surface area contributed by atoms with Crippen molar-refractivity contribution in [2.75, 3.05) is 14.7 Å². The molecule has 0 saturated heterocycles. The van der Waals surface area contributed by atoms with Gasteiger partial charge < -0.3 is 14.7 Å². The first kappa shape index (κ1) is 90.2. The highest BCUT2D eigenvalue weighted by atomic mass is 15.2. The molecule has 3 nitrogen and oxygen atoms in total. The van der Waals surface area contributed by atoms with E-state index in [0.717, 1.165) is 51.2 Å². The molecule has 0 heterocycles. The molecular weight excluding hydrogens is 1770 g/mol. The molecule has 26 rings (SSSR count). The Balaban J connectivity index is 0.000000118. The quantitative estimate of drug-likeness (QED) is 0.0753. The summed E-state index contributed by atoms with van der Waals surface area (Å²) in [7, 11) is 0. The fourth-order valence-electron chi connectivity index (χ4n) is 20.4. The van der Waals surface area contributed by atoms with Crippen molar-refractivity contribution in [2.45, 2.75) is 0 Å². The molecule has 0 aliphatic rings. The van der Waals surface area contributed by atoms with Crippen LogP contribution in [0, 0.1) is 0 Å². The van der Waals surface area contributed by atoms with Crippen LogP contribution >= 0.6 is 0 Å². The second kappa shape index (κ2) is 41.5. The summed E-state index contributed by atoms with van der Waals surface area (Å²) in [4.78, 5) is 6.99. The van der Waals surface area contributed by atoms with Gasteiger partial charge in [0.15, 0.2) is 0 Å². The molecule has 0 bridgehead atoms. The SMILES string of the molecule is c1ccc(-c2ccc(N(c3ccc(-c4ccc(-c5ccc6ccccc6c5)cc4)cc3)c3ccc(-c4ccc5ccccc5c4)cc3)cc2)cc1.c1ccc(-c2ccc(N(c3ccc(-c4ccc5ccccc5c4)cc3)c3ccc(-c4ccc5ccccc5c4)cc3)cc2)cc1.c1ccc(N(c2ccc(-c3ccc(-c4ccc5ccccc5c4)cc3)cc2)c2ccc(-c3ccc(-c4ccc5ccccc5c4)cc3)cc2)cc1. The Bertz CT molecular complexity index is 8810.